The lowest BCUT2D eigenvalue weighted by Gasteiger charge is -2.02. The van der Waals surface area contributed by atoms with Crippen molar-refractivity contribution in [3.05, 3.63) is 23.5 Å². The van der Waals surface area contributed by atoms with Crippen molar-refractivity contribution < 1.29 is 13.2 Å². The average Bonchev–Trinajstić information content (AvgIpc) is 2.70. The van der Waals surface area contributed by atoms with Crippen molar-refractivity contribution in [2.75, 3.05) is 11.1 Å². The largest absolute Gasteiger partial charge is 0.317 e. The number of nitrogens with zero attached hydrogens (tertiary/aromatic N) is 1. The molecule has 0 saturated carbocycles. The van der Waals surface area contributed by atoms with Crippen molar-refractivity contribution in [3.63, 3.8) is 0 Å². The number of rotatable bonds is 4. The summed E-state index contributed by atoms with van der Waals surface area (Å²) in [4.78, 5) is 3.93. The summed E-state index contributed by atoms with van der Waals surface area (Å²) in [6.07, 6.45) is -0.979. The third kappa shape index (κ3) is 4.95. The zero-order valence-corrected chi connectivity index (χ0v) is 10.3. The van der Waals surface area contributed by atoms with Gasteiger partial charge < -0.3 is 5.32 Å². The lowest BCUT2D eigenvalue weighted by Crippen LogP contribution is -2.04. The standard InChI is InChI=1S/C8H7F3N2S3/c9-5(6(10)11)1-3-16-8(14)13-7-12-2-4-15-7/h2,4H,1,3H2,(H,12,13,14). The van der Waals surface area contributed by atoms with Crippen LogP contribution in [0.15, 0.2) is 23.5 Å². The van der Waals surface area contributed by atoms with E-state index in [1.165, 1.54) is 11.3 Å². The zero-order chi connectivity index (χ0) is 12.0. The van der Waals surface area contributed by atoms with Crippen molar-refractivity contribution in [1.29, 1.82) is 0 Å². The first-order chi connectivity index (χ1) is 7.59. The quantitative estimate of drug-likeness (QED) is 0.843. The average molecular weight is 284 g/mol. The molecular weight excluding hydrogens is 277 g/mol. The second-order valence-electron chi connectivity index (χ2n) is 2.51. The molecule has 1 rings (SSSR count). The lowest BCUT2D eigenvalue weighted by atomic mass is 10.4. The van der Waals surface area contributed by atoms with Gasteiger partial charge in [0.05, 0.1) is 0 Å². The number of allylic oxidation sites excluding steroid dienone is 1. The maximum atomic E-state index is 12.4. The van der Waals surface area contributed by atoms with Gasteiger partial charge in [-0.1, -0.05) is 24.0 Å². The minimum Gasteiger partial charge on any atom is -0.317 e. The number of nitrogens with one attached hydrogen (secondary N) is 1. The molecule has 0 aliphatic carbocycles. The number of hydrogen-bond acceptors (Lipinski definition) is 4. The normalized spacial score (nSPS) is 9.94. The van der Waals surface area contributed by atoms with Crippen LogP contribution < -0.4 is 5.32 Å². The summed E-state index contributed by atoms with van der Waals surface area (Å²) in [6, 6.07) is 0. The van der Waals surface area contributed by atoms with E-state index in [1.54, 1.807) is 11.6 Å². The smallest absolute Gasteiger partial charge is 0.301 e. The predicted molar refractivity (Wildman–Crippen MR) is 65.8 cm³/mol. The zero-order valence-electron chi connectivity index (χ0n) is 7.87. The maximum Gasteiger partial charge on any atom is 0.301 e. The maximum absolute atomic E-state index is 12.4. The van der Waals surface area contributed by atoms with Gasteiger partial charge in [0, 0.05) is 23.8 Å². The Labute approximate surface area is 104 Å². The van der Waals surface area contributed by atoms with Crippen molar-refractivity contribution >= 4 is 44.8 Å². The molecule has 0 aromatic carbocycles. The summed E-state index contributed by atoms with van der Waals surface area (Å²) in [5, 5.41) is 5.20. The van der Waals surface area contributed by atoms with Crippen molar-refractivity contribution in [1.82, 2.24) is 4.98 Å². The first-order valence-corrected chi connectivity index (χ1v) is 6.40. The number of halogens is 3. The van der Waals surface area contributed by atoms with Crippen LogP contribution in [0, 0.1) is 0 Å². The monoisotopic (exact) mass is 284 g/mol. The molecule has 8 heteroatoms. The number of hydrogen-bond donors (Lipinski definition) is 1. The molecule has 0 saturated heterocycles. The highest BCUT2D eigenvalue weighted by Crippen LogP contribution is 2.19. The fraction of sp³-hybridized carbons (Fsp3) is 0.250. The summed E-state index contributed by atoms with van der Waals surface area (Å²) >= 11 is 7.38. The van der Waals surface area contributed by atoms with Crippen LogP contribution in [0.1, 0.15) is 6.42 Å². The highest BCUT2D eigenvalue weighted by molar-refractivity contribution is 8.23. The Morgan fingerprint density at radius 2 is 2.25 bits per heavy atom. The van der Waals surface area contributed by atoms with Gasteiger partial charge in [-0.25, -0.2) is 9.37 Å². The van der Waals surface area contributed by atoms with Crippen LogP contribution >= 0.6 is 35.3 Å². The Morgan fingerprint density at radius 3 is 2.81 bits per heavy atom. The highest BCUT2D eigenvalue weighted by Gasteiger charge is 2.06. The molecular formula is C8H7F3N2S3. The molecule has 0 bridgehead atoms. The second-order valence-corrected chi connectivity index (χ2v) is 5.18. The van der Waals surface area contributed by atoms with Crippen LogP contribution in [0.4, 0.5) is 18.3 Å². The van der Waals surface area contributed by atoms with E-state index in [2.05, 4.69) is 10.3 Å². The van der Waals surface area contributed by atoms with Crippen LogP contribution in [-0.4, -0.2) is 15.1 Å². The molecule has 0 atom stereocenters. The molecule has 1 aromatic heterocycles. The van der Waals surface area contributed by atoms with E-state index in [0.29, 0.717) is 9.45 Å². The van der Waals surface area contributed by atoms with E-state index >= 15 is 0 Å². The molecule has 0 aliphatic heterocycles. The number of thiazole rings is 1. The second kappa shape index (κ2) is 6.87. The number of aromatic nitrogens is 1. The van der Waals surface area contributed by atoms with Crippen molar-refractivity contribution in [3.8, 4) is 0 Å². The van der Waals surface area contributed by atoms with Gasteiger partial charge in [-0.05, 0) is 0 Å². The topological polar surface area (TPSA) is 24.9 Å². The van der Waals surface area contributed by atoms with Crippen LogP contribution in [0.3, 0.4) is 0 Å². The summed E-state index contributed by atoms with van der Waals surface area (Å²) < 4.78 is 36.2. The van der Waals surface area contributed by atoms with E-state index in [-0.39, 0.29) is 12.2 Å². The fourth-order valence-corrected chi connectivity index (χ4v) is 2.38. The Bertz CT molecular complexity index is 374. The summed E-state index contributed by atoms with van der Waals surface area (Å²) in [5.74, 6) is -1.22. The van der Waals surface area contributed by atoms with Crippen molar-refractivity contribution in [2.24, 2.45) is 0 Å². The van der Waals surface area contributed by atoms with Crippen LogP contribution in [0.25, 0.3) is 0 Å². The molecule has 2 nitrogen and oxygen atoms in total. The first kappa shape index (κ1) is 13.5. The minimum absolute atomic E-state index is 0.167. The predicted octanol–water partition coefficient (Wildman–Crippen LogP) is 4.04. The molecule has 88 valence electrons. The van der Waals surface area contributed by atoms with Gasteiger partial charge in [0.1, 0.15) is 4.32 Å². The van der Waals surface area contributed by atoms with Gasteiger partial charge in [0.2, 0.25) is 0 Å². The molecule has 0 fully saturated rings. The minimum atomic E-state index is -2.26. The van der Waals surface area contributed by atoms with Gasteiger partial charge in [-0.3, -0.25) is 0 Å². The fourth-order valence-electron chi connectivity index (χ4n) is 0.736. The molecule has 0 aliphatic rings. The Balaban J connectivity index is 2.24. The van der Waals surface area contributed by atoms with Crippen LogP contribution in [-0.2, 0) is 0 Å². The Kier molecular flexibility index (Phi) is 5.78. The summed E-state index contributed by atoms with van der Waals surface area (Å²) in [7, 11) is 0. The van der Waals surface area contributed by atoms with E-state index in [0.717, 1.165) is 11.8 Å². The SMILES string of the molecule is FC(F)=C(F)CCSC(=S)Nc1nccs1. The molecule has 1 aromatic rings. The molecule has 0 amide bonds. The van der Waals surface area contributed by atoms with Gasteiger partial charge >= 0.3 is 6.08 Å². The number of thioether (sulfide) groups is 1. The van der Waals surface area contributed by atoms with E-state index < -0.39 is 11.9 Å². The first-order valence-electron chi connectivity index (χ1n) is 4.12. The van der Waals surface area contributed by atoms with Gasteiger partial charge in [0.25, 0.3) is 0 Å². The third-order valence-corrected chi connectivity index (χ3v) is 3.32. The van der Waals surface area contributed by atoms with Crippen LogP contribution in [0.5, 0.6) is 0 Å². The molecule has 0 radical (unpaired) electrons. The lowest BCUT2D eigenvalue weighted by molar-refractivity contribution is 0.373. The molecule has 0 spiro atoms. The number of thiocarbonyl (C=S) groups is 1. The van der Waals surface area contributed by atoms with E-state index in [1.807, 2.05) is 0 Å². The van der Waals surface area contributed by atoms with Gasteiger partial charge in [-0.15, -0.1) is 11.3 Å². The molecule has 1 heterocycles. The van der Waals surface area contributed by atoms with Gasteiger partial charge in [0.15, 0.2) is 11.0 Å². The molecule has 0 unspecified atom stereocenters. The third-order valence-electron chi connectivity index (χ3n) is 1.40. The summed E-state index contributed by atoms with van der Waals surface area (Å²) in [5.41, 5.74) is 0. The van der Waals surface area contributed by atoms with E-state index in [4.69, 9.17) is 12.2 Å². The van der Waals surface area contributed by atoms with Crippen molar-refractivity contribution in [2.45, 2.75) is 6.42 Å². The number of anilines is 1. The van der Waals surface area contributed by atoms with Crippen LogP contribution in [0.2, 0.25) is 0 Å². The molecule has 1 N–H and O–H groups in total. The summed E-state index contributed by atoms with van der Waals surface area (Å²) in [6.45, 7) is 0. The Hall–Kier alpha value is -0.600. The van der Waals surface area contributed by atoms with E-state index in [9.17, 15) is 13.2 Å². The van der Waals surface area contributed by atoms with Gasteiger partial charge in [-0.2, -0.15) is 8.78 Å². The Morgan fingerprint density at radius 1 is 1.50 bits per heavy atom. The highest BCUT2D eigenvalue weighted by atomic mass is 32.2. The molecule has 16 heavy (non-hydrogen) atoms.